The van der Waals surface area contributed by atoms with Crippen molar-refractivity contribution in [2.24, 2.45) is 10.8 Å². The molecule has 0 N–H and O–H groups in total. The summed E-state index contributed by atoms with van der Waals surface area (Å²) in [6, 6.07) is 0. The monoisotopic (exact) mass is 416 g/mol. The Morgan fingerprint density at radius 3 is 1.68 bits per heavy atom. The fraction of sp³-hybridized carbons (Fsp3) is 0.913. The second-order valence-corrected chi connectivity index (χ2v) is 12.9. The summed E-state index contributed by atoms with van der Waals surface area (Å²) in [6.45, 7) is 19.5. The van der Waals surface area contributed by atoms with Crippen molar-refractivity contribution in [2.45, 2.75) is 112 Å². The van der Waals surface area contributed by atoms with E-state index in [2.05, 4.69) is 62.3 Å². The van der Waals surface area contributed by atoms with Crippen LogP contribution in [-0.4, -0.2) is 35.1 Å². The molecule has 1 atom stereocenters. The molecule has 0 spiro atoms. The molecule has 0 aliphatic rings. The second kappa shape index (κ2) is 12.1. The van der Waals surface area contributed by atoms with Gasteiger partial charge in [0.15, 0.2) is 0 Å². The Balaban J connectivity index is 4.46. The number of hydrogen-bond acceptors (Lipinski definition) is 5. The van der Waals surface area contributed by atoms with Crippen LogP contribution in [-0.2, 0) is 19.1 Å². The Hall–Kier alpha value is -0.710. The minimum absolute atomic E-state index is 0.0631. The van der Waals surface area contributed by atoms with Gasteiger partial charge in [-0.25, -0.2) is 0 Å². The smallest absolute Gasteiger partial charge is 0.306 e. The average Bonchev–Trinajstić information content (AvgIpc) is 2.46. The van der Waals surface area contributed by atoms with Crippen molar-refractivity contribution in [1.82, 2.24) is 0 Å². The first-order chi connectivity index (χ1) is 12.6. The Morgan fingerprint density at radius 2 is 1.25 bits per heavy atom. The van der Waals surface area contributed by atoms with E-state index in [-0.39, 0.29) is 34.1 Å². The predicted octanol–water partition coefficient (Wildman–Crippen LogP) is 6.41. The van der Waals surface area contributed by atoms with Gasteiger partial charge in [-0.05, 0) is 36.5 Å². The third kappa shape index (κ3) is 18.6. The Morgan fingerprint density at radius 1 is 0.786 bits per heavy atom. The van der Waals surface area contributed by atoms with Crippen LogP contribution in [0.2, 0.25) is 0 Å². The quantitative estimate of drug-likeness (QED) is 0.364. The first kappa shape index (κ1) is 27.3. The highest BCUT2D eigenvalue weighted by molar-refractivity contribution is 8.00. The lowest BCUT2D eigenvalue weighted by molar-refractivity contribution is -0.158. The molecule has 28 heavy (non-hydrogen) atoms. The lowest BCUT2D eigenvalue weighted by Gasteiger charge is -2.23. The fourth-order valence-corrected chi connectivity index (χ4v) is 3.34. The molecule has 4 nitrogen and oxygen atoms in total. The second-order valence-electron chi connectivity index (χ2n) is 11.0. The van der Waals surface area contributed by atoms with Crippen molar-refractivity contribution in [3.8, 4) is 0 Å². The summed E-state index contributed by atoms with van der Waals surface area (Å²) in [5, 5.41) is 0. The average molecular weight is 417 g/mol. The molecule has 166 valence electrons. The number of ether oxygens (including phenoxy) is 2. The molecule has 0 heterocycles. The molecule has 0 bridgehead atoms. The maximum atomic E-state index is 12.2. The molecule has 1 unspecified atom stereocenters. The lowest BCUT2D eigenvalue weighted by Crippen LogP contribution is -2.29. The van der Waals surface area contributed by atoms with E-state index in [0.29, 0.717) is 18.6 Å². The van der Waals surface area contributed by atoms with Gasteiger partial charge in [-0.15, -0.1) is 0 Å². The van der Waals surface area contributed by atoms with Crippen molar-refractivity contribution in [2.75, 3.05) is 12.4 Å². The normalized spacial score (nSPS) is 13.9. The van der Waals surface area contributed by atoms with E-state index in [4.69, 9.17) is 9.47 Å². The summed E-state index contributed by atoms with van der Waals surface area (Å²) in [4.78, 5) is 24.3. The van der Waals surface area contributed by atoms with Gasteiger partial charge in [0, 0.05) is 23.3 Å². The first-order valence-corrected chi connectivity index (χ1v) is 11.5. The Bertz CT molecular complexity index is 466. The minimum Gasteiger partial charge on any atom is -0.462 e. The molecule has 0 aliphatic carbocycles. The van der Waals surface area contributed by atoms with E-state index in [1.807, 2.05) is 0 Å². The summed E-state index contributed by atoms with van der Waals surface area (Å²) in [5.74, 6) is 0.218. The van der Waals surface area contributed by atoms with Gasteiger partial charge < -0.3 is 9.47 Å². The van der Waals surface area contributed by atoms with Crippen molar-refractivity contribution in [3.05, 3.63) is 0 Å². The van der Waals surface area contributed by atoms with Crippen LogP contribution in [0.25, 0.3) is 0 Å². The molecule has 0 fully saturated rings. The molecule has 0 saturated heterocycles. The zero-order chi connectivity index (χ0) is 22.0. The largest absolute Gasteiger partial charge is 0.462 e. The fourth-order valence-electron chi connectivity index (χ4n) is 2.49. The van der Waals surface area contributed by atoms with E-state index in [0.717, 1.165) is 25.7 Å². The third-order valence-electron chi connectivity index (χ3n) is 4.05. The third-order valence-corrected chi connectivity index (χ3v) is 5.45. The summed E-state index contributed by atoms with van der Waals surface area (Å²) in [5.41, 5.74) is 0.430. The molecule has 0 aromatic carbocycles. The molecule has 0 amide bonds. The van der Waals surface area contributed by atoms with Gasteiger partial charge in [0.1, 0.15) is 12.7 Å². The SMILES string of the molecule is CC(C)(C)CCCC(=O)OCC(CSC(C)(C)C)OC(=O)CCCC(C)(C)C. The van der Waals surface area contributed by atoms with Gasteiger partial charge in [-0.3, -0.25) is 9.59 Å². The van der Waals surface area contributed by atoms with Crippen molar-refractivity contribution >= 4 is 23.7 Å². The van der Waals surface area contributed by atoms with Crippen molar-refractivity contribution < 1.29 is 19.1 Å². The molecule has 0 aromatic rings. The molecule has 0 rings (SSSR count). The van der Waals surface area contributed by atoms with Crippen LogP contribution in [0.4, 0.5) is 0 Å². The van der Waals surface area contributed by atoms with Crippen molar-refractivity contribution in [1.29, 1.82) is 0 Å². The van der Waals surface area contributed by atoms with Gasteiger partial charge in [0.2, 0.25) is 0 Å². The highest BCUT2D eigenvalue weighted by atomic mass is 32.2. The number of thioether (sulfide) groups is 1. The van der Waals surface area contributed by atoms with Crippen LogP contribution in [0.5, 0.6) is 0 Å². The van der Waals surface area contributed by atoms with Crippen LogP contribution in [0.3, 0.4) is 0 Å². The number of rotatable bonds is 11. The van der Waals surface area contributed by atoms with E-state index < -0.39 is 6.10 Å². The molecule has 0 aliphatic heterocycles. The molecule has 0 saturated carbocycles. The highest BCUT2D eigenvalue weighted by Crippen LogP contribution is 2.26. The topological polar surface area (TPSA) is 52.6 Å². The van der Waals surface area contributed by atoms with Gasteiger partial charge in [-0.2, -0.15) is 11.8 Å². The lowest BCUT2D eigenvalue weighted by atomic mass is 9.90. The molecular formula is C23H44O4S. The minimum atomic E-state index is -0.391. The van der Waals surface area contributed by atoms with Crippen LogP contribution >= 0.6 is 11.8 Å². The van der Waals surface area contributed by atoms with E-state index in [9.17, 15) is 9.59 Å². The zero-order valence-electron chi connectivity index (χ0n) is 19.8. The van der Waals surface area contributed by atoms with Gasteiger partial charge in [0.05, 0.1) is 0 Å². The maximum Gasteiger partial charge on any atom is 0.306 e. The predicted molar refractivity (Wildman–Crippen MR) is 120 cm³/mol. The van der Waals surface area contributed by atoms with Crippen molar-refractivity contribution in [3.63, 3.8) is 0 Å². The van der Waals surface area contributed by atoms with E-state index >= 15 is 0 Å². The molecule has 5 heteroatoms. The molecule has 0 radical (unpaired) electrons. The Labute approximate surface area is 177 Å². The maximum absolute atomic E-state index is 12.2. The highest BCUT2D eigenvalue weighted by Gasteiger charge is 2.22. The van der Waals surface area contributed by atoms with Crippen LogP contribution in [0, 0.1) is 10.8 Å². The summed E-state index contributed by atoms with van der Waals surface area (Å²) >= 11 is 1.72. The summed E-state index contributed by atoms with van der Waals surface area (Å²) in [6.07, 6.45) is 4.02. The van der Waals surface area contributed by atoms with E-state index in [1.54, 1.807) is 11.8 Å². The van der Waals surface area contributed by atoms with E-state index in [1.165, 1.54) is 0 Å². The standard InChI is InChI=1S/C23H44O4S/c1-21(2,3)14-10-12-19(24)26-16-18(17-28-23(7,8)9)27-20(25)13-11-15-22(4,5)6/h18H,10-17H2,1-9H3. The number of carbonyl (C=O) groups is 2. The summed E-state index contributed by atoms with van der Waals surface area (Å²) < 4.78 is 11.1. The number of esters is 2. The molecule has 0 aromatic heterocycles. The number of carbonyl (C=O) groups excluding carboxylic acids is 2. The van der Waals surface area contributed by atoms with Gasteiger partial charge in [0.25, 0.3) is 0 Å². The zero-order valence-corrected chi connectivity index (χ0v) is 20.6. The van der Waals surface area contributed by atoms with Gasteiger partial charge >= 0.3 is 11.9 Å². The Kier molecular flexibility index (Phi) is 11.8. The van der Waals surface area contributed by atoms with Crippen LogP contribution in [0.15, 0.2) is 0 Å². The number of hydrogen-bond donors (Lipinski definition) is 0. The van der Waals surface area contributed by atoms with Gasteiger partial charge in [-0.1, -0.05) is 62.3 Å². The van der Waals surface area contributed by atoms with Crippen LogP contribution in [0.1, 0.15) is 101 Å². The molecular weight excluding hydrogens is 372 g/mol. The summed E-state index contributed by atoms with van der Waals surface area (Å²) in [7, 11) is 0. The van der Waals surface area contributed by atoms with Crippen LogP contribution < -0.4 is 0 Å². The first-order valence-electron chi connectivity index (χ1n) is 10.6.